The van der Waals surface area contributed by atoms with Gasteiger partial charge in [0.1, 0.15) is 0 Å². The summed E-state index contributed by atoms with van der Waals surface area (Å²) in [7, 11) is -13.0. The number of halogens is 5. The van der Waals surface area contributed by atoms with E-state index in [0.717, 1.165) is 19.0 Å². The van der Waals surface area contributed by atoms with Crippen molar-refractivity contribution in [2.45, 2.75) is 0 Å². The Kier molecular flexibility index (Phi) is 3.24. The van der Waals surface area contributed by atoms with E-state index in [0.29, 0.717) is 4.67 Å². The molecule has 4 nitrogen and oxygen atoms in total. The molecule has 1 rings (SSSR count). The first-order valence-corrected chi connectivity index (χ1v) is 7.91. The van der Waals surface area contributed by atoms with Gasteiger partial charge in [-0.05, 0) is 4.86 Å². The van der Waals surface area contributed by atoms with Crippen molar-refractivity contribution < 1.29 is 21.0 Å². The maximum atomic E-state index is 13.5. The number of nitrogens with one attached hydrogen (secondary N) is 2. The van der Waals surface area contributed by atoms with Crippen LogP contribution >= 0.6 is 24.0 Å². The lowest BCUT2D eigenvalue weighted by Crippen LogP contribution is -2.28. The van der Waals surface area contributed by atoms with Crippen LogP contribution in [0.25, 0.3) is 0 Å². The predicted octanol–water partition coefficient (Wildman–Crippen LogP) is 3.89. The van der Waals surface area contributed by atoms with Gasteiger partial charge in [-0.3, -0.25) is 0 Å². The molecule has 0 aromatic heterocycles. The molecule has 0 aromatic rings. The summed E-state index contributed by atoms with van der Waals surface area (Å²) in [5.41, 5.74) is 0. The van der Waals surface area contributed by atoms with Gasteiger partial charge in [-0.15, -0.1) is 4.67 Å². The third-order valence-electron chi connectivity index (χ3n) is 1.26. The molecule has 2 N–H and O–H groups in total. The Morgan fingerprint density at radius 2 is 1.71 bits per heavy atom. The van der Waals surface area contributed by atoms with E-state index in [4.69, 9.17) is 0 Å². The highest BCUT2D eigenvalue weighted by Crippen LogP contribution is 2.83. The highest BCUT2D eigenvalue weighted by atomic mass is 31.3. The van der Waals surface area contributed by atoms with Gasteiger partial charge in [0.05, 0.1) is 4.86 Å². The van der Waals surface area contributed by atoms with Gasteiger partial charge >= 0.3 is 24.0 Å². The van der Waals surface area contributed by atoms with Crippen LogP contribution in [-0.2, 0) is 0 Å². The van der Waals surface area contributed by atoms with Crippen LogP contribution in [0.2, 0.25) is 0 Å². The molecule has 1 aliphatic rings. The molecule has 0 aliphatic carbocycles. The summed E-state index contributed by atoms with van der Waals surface area (Å²) in [5.74, 6) is 0. The monoisotopic (exact) mass is 276 g/mol. The van der Waals surface area contributed by atoms with E-state index in [1.807, 2.05) is 0 Å². The molecule has 84 valence electrons. The molecule has 0 amide bonds. The summed E-state index contributed by atoms with van der Waals surface area (Å²) in [4.78, 5) is 2.02. The van der Waals surface area contributed by atoms with E-state index in [-0.39, 0.29) is 0 Å². The zero-order valence-electron chi connectivity index (χ0n) is 7.13. The van der Waals surface area contributed by atoms with Gasteiger partial charge in [0.25, 0.3) is 0 Å². The first-order chi connectivity index (χ1) is 6.06. The second-order valence-corrected chi connectivity index (χ2v) is 8.82. The first kappa shape index (κ1) is 12.7. The topological polar surface area (TPSA) is 39.7 Å². The van der Waals surface area contributed by atoms with Gasteiger partial charge in [0, 0.05) is 31.2 Å². The molecule has 0 saturated carbocycles. The minimum absolute atomic E-state index is 0.635. The summed E-state index contributed by atoms with van der Waals surface area (Å²) in [6.07, 6.45) is 0. The minimum Gasteiger partial charge on any atom is -0.151 e. The maximum Gasteiger partial charge on any atom is 0.582 e. The van der Waals surface area contributed by atoms with Crippen molar-refractivity contribution in [3.63, 3.8) is 0 Å². The number of hydrogen-bond acceptors (Lipinski definition) is 4. The standard InChI is InChI=1S/C2H8F5N4P3/c1-11(2)14(7)9-12(3,4)8-13(5,6)10-14/h8-9H,1-2H3/q+2. The van der Waals surface area contributed by atoms with Crippen molar-refractivity contribution in [3.8, 4) is 0 Å². The van der Waals surface area contributed by atoms with Gasteiger partial charge in [-0.2, -0.15) is 8.39 Å². The molecule has 12 heteroatoms. The summed E-state index contributed by atoms with van der Waals surface area (Å²) in [6, 6.07) is 0. The van der Waals surface area contributed by atoms with Gasteiger partial charge in [0.2, 0.25) is 0 Å². The molecule has 0 bridgehead atoms. The van der Waals surface area contributed by atoms with Crippen molar-refractivity contribution in [2.75, 3.05) is 14.1 Å². The Labute approximate surface area is 78.9 Å². The molecule has 0 aromatic carbocycles. The largest absolute Gasteiger partial charge is 0.582 e. The van der Waals surface area contributed by atoms with E-state index < -0.39 is 24.0 Å². The Morgan fingerprint density at radius 3 is 2.07 bits per heavy atom. The average molecular weight is 276 g/mol. The van der Waals surface area contributed by atoms with Gasteiger partial charge < -0.3 is 0 Å². The molecule has 14 heavy (non-hydrogen) atoms. The van der Waals surface area contributed by atoms with Gasteiger partial charge in [0.15, 0.2) is 0 Å². The van der Waals surface area contributed by atoms with Gasteiger partial charge in [-0.25, -0.2) is 0 Å². The molecule has 0 fully saturated rings. The third-order valence-corrected chi connectivity index (χ3v) is 8.16. The molecule has 1 atom stereocenters. The van der Waals surface area contributed by atoms with Crippen LogP contribution in [-0.4, -0.2) is 18.8 Å². The van der Waals surface area contributed by atoms with Crippen LogP contribution in [0.15, 0.2) is 4.52 Å². The predicted molar refractivity (Wildman–Crippen MR) is 48.7 cm³/mol. The van der Waals surface area contributed by atoms with Crippen LogP contribution in [0.3, 0.4) is 0 Å². The Balaban J connectivity index is 3.12. The Hall–Kier alpha value is 0.620. The first-order valence-electron chi connectivity index (χ1n) is 3.23. The number of rotatable bonds is 1. The summed E-state index contributed by atoms with van der Waals surface area (Å²) in [5, 5.41) is 0. The van der Waals surface area contributed by atoms with E-state index in [1.165, 1.54) is 4.86 Å². The smallest absolute Gasteiger partial charge is 0.151 e. The highest BCUT2D eigenvalue weighted by molar-refractivity contribution is 7.88. The fourth-order valence-electron chi connectivity index (χ4n) is 0.692. The minimum atomic E-state index is -5.39. The number of hydrogen-bond donors (Lipinski definition) is 2. The quantitative estimate of drug-likeness (QED) is 0.563. The molecule has 1 unspecified atom stereocenters. The van der Waals surface area contributed by atoms with Crippen LogP contribution in [0.1, 0.15) is 0 Å². The van der Waals surface area contributed by atoms with Crippen molar-refractivity contribution >= 4 is 24.0 Å². The summed E-state index contributed by atoms with van der Waals surface area (Å²) >= 11 is 0. The lowest BCUT2D eigenvalue weighted by molar-refractivity contribution is 0.569. The highest BCUT2D eigenvalue weighted by Gasteiger charge is 2.70. The maximum absolute atomic E-state index is 13.5. The van der Waals surface area contributed by atoms with E-state index in [2.05, 4.69) is 4.52 Å². The second kappa shape index (κ2) is 3.58. The zero-order chi connectivity index (χ0) is 11.2. The molecule has 0 spiro atoms. The van der Waals surface area contributed by atoms with E-state index in [9.17, 15) is 21.0 Å². The molecule has 1 aliphatic heterocycles. The van der Waals surface area contributed by atoms with Crippen LogP contribution in [0.5, 0.6) is 0 Å². The second-order valence-electron chi connectivity index (χ2n) is 2.66. The lowest BCUT2D eigenvalue weighted by atomic mass is 11.3. The Morgan fingerprint density at radius 1 is 1.21 bits per heavy atom. The summed E-state index contributed by atoms with van der Waals surface area (Å²) in [6.45, 7) is 0. The third kappa shape index (κ3) is 2.81. The van der Waals surface area contributed by atoms with Crippen LogP contribution in [0, 0.1) is 0 Å². The molecule has 0 radical (unpaired) electrons. The van der Waals surface area contributed by atoms with Crippen LogP contribution < -0.4 is 9.72 Å². The fraction of sp³-hybridized carbons (Fsp3) is 1.00. The fourth-order valence-corrected chi connectivity index (χ4v) is 7.35. The molecule has 0 saturated heterocycles. The van der Waals surface area contributed by atoms with Crippen molar-refractivity contribution in [1.29, 1.82) is 0 Å². The van der Waals surface area contributed by atoms with Crippen molar-refractivity contribution in [2.24, 2.45) is 4.52 Å². The van der Waals surface area contributed by atoms with Crippen LogP contribution in [0.4, 0.5) is 21.0 Å². The zero-order valence-corrected chi connectivity index (χ0v) is 9.81. The molecular weight excluding hydrogens is 268 g/mol. The normalized spacial score (nSPS) is 35.4. The van der Waals surface area contributed by atoms with Gasteiger partial charge in [-0.1, -0.05) is 0 Å². The Bertz CT molecular complexity index is 289. The number of nitrogens with zero attached hydrogens (tertiary/aromatic N) is 2. The summed E-state index contributed by atoms with van der Waals surface area (Å²) < 4.78 is 67.4. The lowest BCUT2D eigenvalue weighted by Gasteiger charge is -2.20. The van der Waals surface area contributed by atoms with E-state index in [1.54, 1.807) is 0 Å². The van der Waals surface area contributed by atoms with Crippen molar-refractivity contribution in [1.82, 2.24) is 14.4 Å². The van der Waals surface area contributed by atoms with Crippen molar-refractivity contribution in [3.05, 3.63) is 0 Å². The molecule has 1 heterocycles. The molecular formula is C2H8F5N4P3+2. The average Bonchev–Trinajstić information content (AvgIpc) is 1.76. The SMILES string of the molecule is CN(C)[P+]1(F)N=P(F)(F)N[P+](F)(F)N1. The van der Waals surface area contributed by atoms with E-state index >= 15 is 0 Å².